The van der Waals surface area contributed by atoms with Gasteiger partial charge in [-0.2, -0.15) is 0 Å². The molecule has 0 spiro atoms. The maximum atomic E-state index is 13.7. The summed E-state index contributed by atoms with van der Waals surface area (Å²) < 4.78 is 19.1. The van der Waals surface area contributed by atoms with Crippen molar-refractivity contribution < 1.29 is 13.6 Å². The van der Waals surface area contributed by atoms with Crippen LogP contribution in [0.4, 0.5) is 4.39 Å². The molecule has 1 saturated carbocycles. The molecule has 24 heavy (non-hydrogen) atoms. The van der Waals surface area contributed by atoms with Gasteiger partial charge in [0.25, 0.3) is 0 Å². The van der Waals surface area contributed by atoms with Gasteiger partial charge >= 0.3 is 0 Å². The highest BCUT2D eigenvalue weighted by Crippen LogP contribution is 2.28. The number of carbonyl (C=O) groups is 1. The van der Waals surface area contributed by atoms with Crippen molar-refractivity contribution in [2.24, 2.45) is 5.92 Å². The molecule has 1 aliphatic carbocycles. The molecule has 1 N–H and O–H groups in total. The van der Waals surface area contributed by atoms with Gasteiger partial charge in [-0.05, 0) is 37.3 Å². The molecule has 1 aromatic carbocycles. The van der Waals surface area contributed by atoms with Gasteiger partial charge in [0.15, 0.2) is 0 Å². The van der Waals surface area contributed by atoms with E-state index in [2.05, 4.69) is 15.5 Å². The maximum Gasteiger partial charge on any atom is 0.224 e. The average molecular weight is 352 g/mol. The number of aromatic nitrogens is 2. The van der Waals surface area contributed by atoms with Crippen molar-refractivity contribution in [3.63, 3.8) is 0 Å². The molecule has 1 aromatic heterocycles. The topological polar surface area (TPSA) is 68.0 Å². The quantitative estimate of drug-likeness (QED) is 0.897. The van der Waals surface area contributed by atoms with Crippen LogP contribution in [0.25, 0.3) is 0 Å². The Morgan fingerprint density at radius 3 is 2.96 bits per heavy atom. The highest BCUT2D eigenvalue weighted by atomic mass is 35.5. The zero-order valence-electron chi connectivity index (χ0n) is 13.4. The van der Waals surface area contributed by atoms with Crippen LogP contribution < -0.4 is 5.32 Å². The highest BCUT2D eigenvalue weighted by Gasteiger charge is 2.27. The Morgan fingerprint density at radius 2 is 2.25 bits per heavy atom. The van der Waals surface area contributed by atoms with Crippen molar-refractivity contribution >= 4 is 17.5 Å². The van der Waals surface area contributed by atoms with E-state index in [9.17, 15) is 9.18 Å². The van der Waals surface area contributed by atoms with Crippen molar-refractivity contribution in [2.75, 3.05) is 0 Å². The molecule has 1 amide bonds. The molecular formula is C17H19ClFN3O2. The first kappa shape index (κ1) is 16.9. The first-order chi connectivity index (χ1) is 11.5. The standard InChI is InChI=1S/C17H19ClFN3O2/c1-10-21-22-17(24-10)8-11-5-6-12(7-11)20-16(23)9-13-14(18)3-2-4-15(13)19/h2-4,11-12H,5-9H2,1H3,(H,20,23)/t11-,12+/m1/s1. The Morgan fingerprint density at radius 1 is 1.42 bits per heavy atom. The molecule has 0 aliphatic heterocycles. The lowest BCUT2D eigenvalue weighted by Crippen LogP contribution is -2.34. The molecule has 1 aliphatic rings. The fourth-order valence-corrected chi connectivity index (χ4v) is 3.43. The van der Waals surface area contributed by atoms with Crippen molar-refractivity contribution in [1.29, 1.82) is 0 Å². The van der Waals surface area contributed by atoms with Gasteiger partial charge in [0.1, 0.15) is 5.82 Å². The zero-order chi connectivity index (χ0) is 17.1. The smallest absolute Gasteiger partial charge is 0.224 e. The average Bonchev–Trinajstić information content (AvgIpc) is 3.13. The van der Waals surface area contributed by atoms with Crippen LogP contribution in [0.15, 0.2) is 22.6 Å². The van der Waals surface area contributed by atoms with E-state index in [4.69, 9.17) is 16.0 Å². The minimum Gasteiger partial charge on any atom is -0.426 e. The Kier molecular flexibility index (Phi) is 5.14. The predicted octanol–water partition coefficient (Wildman–Crippen LogP) is 3.24. The second-order valence-corrected chi connectivity index (χ2v) is 6.65. The Hall–Kier alpha value is -1.95. The molecule has 0 bridgehead atoms. The largest absolute Gasteiger partial charge is 0.426 e. The third kappa shape index (κ3) is 4.12. The van der Waals surface area contributed by atoms with Gasteiger partial charge < -0.3 is 9.73 Å². The lowest BCUT2D eigenvalue weighted by atomic mass is 10.0. The summed E-state index contributed by atoms with van der Waals surface area (Å²) in [5.41, 5.74) is 0.243. The third-order valence-electron chi connectivity index (χ3n) is 4.34. The van der Waals surface area contributed by atoms with Crippen LogP contribution >= 0.6 is 11.6 Å². The van der Waals surface area contributed by atoms with Crippen molar-refractivity contribution in [3.8, 4) is 0 Å². The molecule has 5 nitrogen and oxygen atoms in total. The Labute approximate surface area is 144 Å². The molecule has 1 heterocycles. The van der Waals surface area contributed by atoms with Crippen LogP contribution in [-0.4, -0.2) is 22.1 Å². The molecule has 0 saturated heterocycles. The number of carbonyl (C=O) groups excluding carboxylic acids is 1. The van der Waals surface area contributed by atoms with Crippen molar-refractivity contribution in [3.05, 3.63) is 46.4 Å². The number of nitrogens with zero attached hydrogens (tertiary/aromatic N) is 2. The van der Waals surface area contributed by atoms with Gasteiger partial charge in [-0.1, -0.05) is 17.7 Å². The summed E-state index contributed by atoms with van der Waals surface area (Å²) in [4.78, 5) is 12.2. The monoisotopic (exact) mass is 351 g/mol. The van der Waals surface area contributed by atoms with E-state index < -0.39 is 5.82 Å². The Bertz CT molecular complexity index is 714. The maximum absolute atomic E-state index is 13.7. The normalized spacial score (nSPS) is 20.3. The summed E-state index contributed by atoms with van der Waals surface area (Å²) >= 11 is 5.96. The summed E-state index contributed by atoms with van der Waals surface area (Å²) in [6.07, 6.45) is 3.43. The van der Waals surface area contributed by atoms with E-state index in [0.717, 1.165) is 25.7 Å². The van der Waals surface area contributed by atoms with Crippen molar-refractivity contribution in [2.45, 2.75) is 45.1 Å². The Balaban J connectivity index is 1.51. The molecule has 2 atom stereocenters. The predicted molar refractivity (Wildman–Crippen MR) is 87.1 cm³/mol. The summed E-state index contributed by atoms with van der Waals surface area (Å²) in [6, 6.07) is 4.52. The SMILES string of the molecule is Cc1nnc(C[C@@H]2CC[C@H](NC(=O)Cc3c(F)cccc3Cl)C2)o1. The number of rotatable bonds is 5. The van der Waals surface area contributed by atoms with Gasteiger partial charge in [-0.25, -0.2) is 4.39 Å². The van der Waals surface area contributed by atoms with Gasteiger partial charge in [0.2, 0.25) is 17.7 Å². The van der Waals surface area contributed by atoms with Gasteiger partial charge in [-0.15, -0.1) is 10.2 Å². The molecular weight excluding hydrogens is 333 g/mol. The minimum atomic E-state index is -0.450. The van der Waals surface area contributed by atoms with Gasteiger partial charge in [0.05, 0.1) is 6.42 Å². The lowest BCUT2D eigenvalue weighted by Gasteiger charge is -2.13. The first-order valence-electron chi connectivity index (χ1n) is 8.02. The molecule has 2 aromatic rings. The second kappa shape index (κ2) is 7.30. The summed E-state index contributed by atoms with van der Waals surface area (Å²) in [6.45, 7) is 1.77. The number of halogens is 2. The molecule has 0 radical (unpaired) electrons. The van der Waals surface area contributed by atoms with Gasteiger partial charge in [-0.3, -0.25) is 4.79 Å². The molecule has 128 valence electrons. The molecule has 1 fully saturated rings. The summed E-state index contributed by atoms with van der Waals surface area (Å²) in [5.74, 6) is 0.958. The van der Waals surface area contributed by atoms with Crippen LogP contribution in [0.2, 0.25) is 5.02 Å². The number of nitrogens with one attached hydrogen (secondary N) is 1. The van der Waals surface area contributed by atoms with Crippen LogP contribution in [0.3, 0.4) is 0 Å². The van der Waals surface area contributed by atoms with E-state index in [1.165, 1.54) is 12.1 Å². The molecule has 0 unspecified atom stereocenters. The highest BCUT2D eigenvalue weighted by molar-refractivity contribution is 6.31. The summed E-state index contributed by atoms with van der Waals surface area (Å²) in [7, 11) is 0. The van der Waals surface area contributed by atoms with Crippen LogP contribution in [0, 0.1) is 18.7 Å². The van der Waals surface area contributed by atoms with Gasteiger partial charge in [0, 0.05) is 30.0 Å². The number of benzene rings is 1. The van der Waals surface area contributed by atoms with Crippen LogP contribution in [0.1, 0.15) is 36.6 Å². The van der Waals surface area contributed by atoms with E-state index in [0.29, 0.717) is 17.7 Å². The van der Waals surface area contributed by atoms with Crippen LogP contribution in [-0.2, 0) is 17.6 Å². The third-order valence-corrected chi connectivity index (χ3v) is 4.69. The molecule has 3 rings (SSSR count). The zero-order valence-corrected chi connectivity index (χ0v) is 14.1. The van der Waals surface area contributed by atoms with E-state index in [1.807, 2.05) is 0 Å². The van der Waals surface area contributed by atoms with E-state index in [1.54, 1.807) is 13.0 Å². The fraction of sp³-hybridized carbons (Fsp3) is 0.471. The minimum absolute atomic E-state index is 0.0461. The number of amides is 1. The first-order valence-corrected chi connectivity index (χ1v) is 8.40. The fourth-order valence-electron chi connectivity index (χ4n) is 3.20. The number of aryl methyl sites for hydroxylation is 1. The number of hydrogen-bond acceptors (Lipinski definition) is 4. The van der Waals surface area contributed by atoms with E-state index >= 15 is 0 Å². The van der Waals surface area contributed by atoms with Crippen LogP contribution in [0.5, 0.6) is 0 Å². The van der Waals surface area contributed by atoms with E-state index in [-0.39, 0.29) is 29.0 Å². The molecule has 7 heteroatoms. The number of hydrogen-bond donors (Lipinski definition) is 1. The van der Waals surface area contributed by atoms with Crippen molar-refractivity contribution in [1.82, 2.24) is 15.5 Å². The second-order valence-electron chi connectivity index (χ2n) is 6.24. The summed E-state index contributed by atoms with van der Waals surface area (Å²) in [5, 5.41) is 11.1. The lowest BCUT2D eigenvalue weighted by molar-refractivity contribution is -0.121.